The summed E-state index contributed by atoms with van der Waals surface area (Å²) in [4.78, 5) is 12.7. The molecule has 2 aromatic heterocycles. The number of nitrogens with one attached hydrogen (secondary N) is 1. The number of thiazole rings is 1. The molecular formula is C14H11ClN4S. The van der Waals surface area contributed by atoms with Crippen LogP contribution < -0.4 is 5.32 Å². The number of halogens is 1. The Morgan fingerprint density at radius 3 is 2.75 bits per heavy atom. The van der Waals surface area contributed by atoms with Crippen LogP contribution in [0.1, 0.15) is 5.69 Å². The van der Waals surface area contributed by atoms with Crippen LogP contribution in [0.2, 0.25) is 5.15 Å². The number of benzene rings is 1. The number of anilines is 1. The van der Waals surface area contributed by atoms with E-state index in [1.807, 2.05) is 23.6 Å². The van der Waals surface area contributed by atoms with Gasteiger partial charge in [-0.2, -0.15) is 0 Å². The van der Waals surface area contributed by atoms with Crippen LogP contribution in [-0.4, -0.2) is 15.0 Å². The quantitative estimate of drug-likeness (QED) is 0.795. The minimum absolute atomic E-state index is 0.373. The highest BCUT2D eigenvalue weighted by Crippen LogP contribution is 2.23. The Hall–Kier alpha value is -1.98. The fourth-order valence-corrected chi connectivity index (χ4v) is 2.68. The fourth-order valence-electron chi connectivity index (χ4n) is 1.71. The van der Waals surface area contributed by atoms with Gasteiger partial charge in [-0.3, -0.25) is 4.98 Å². The molecular weight excluding hydrogens is 292 g/mol. The second kappa shape index (κ2) is 5.98. The van der Waals surface area contributed by atoms with E-state index in [0.29, 0.717) is 17.5 Å². The van der Waals surface area contributed by atoms with Gasteiger partial charge in [-0.1, -0.05) is 41.9 Å². The molecule has 0 aliphatic carbocycles. The number of hydrogen-bond donors (Lipinski definition) is 1. The molecule has 0 aliphatic rings. The predicted octanol–water partition coefficient (Wildman–Crippen LogP) is 3.87. The molecule has 1 N–H and O–H groups in total. The van der Waals surface area contributed by atoms with Gasteiger partial charge in [0.25, 0.3) is 0 Å². The van der Waals surface area contributed by atoms with E-state index in [2.05, 4.69) is 32.4 Å². The Balaban J connectivity index is 1.69. The summed E-state index contributed by atoms with van der Waals surface area (Å²) >= 11 is 7.41. The van der Waals surface area contributed by atoms with Crippen LogP contribution in [0.15, 0.2) is 48.1 Å². The van der Waals surface area contributed by atoms with Crippen molar-refractivity contribution in [1.82, 2.24) is 15.0 Å². The average molecular weight is 303 g/mol. The average Bonchev–Trinajstić information content (AvgIpc) is 2.95. The highest BCUT2D eigenvalue weighted by Gasteiger charge is 2.04. The Morgan fingerprint density at radius 1 is 1.10 bits per heavy atom. The van der Waals surface area contributed by atoms with E-state index in [4.69, 9.17) is 11.6 Å². The molecule has 6 heteroatoms. The van der Waals surface area contributed by atoms with E-state index < -0.39 is 0 Å². The van der Waals surface area contributed by atoms with Crippen molar-refractivity contribution in [3.05, 3.63) is 59.0 Å². The SMILES string of the molecule is Clc1cncc(NCc2csc(-c3ccccc3)n2)n1. The van der Waals surface area contributed by atoms with Crippen LogP contribution in [0.5, 0.6) is 0 Å². The van der Waals surface area contributed by atoms with Crippen molar-refractivity contribution < 1.29 is 0 Å². The van der Waals surface area contributed by atoms with Gasteiger partial charge in [-0.25, -0.2) is 9.97 Å². The van der Waals surface area contributed by atoms with Gasteiger partial charge < -0.3 is 5.32 Å². The molecule has 0 saturated carbocycles. The topological polar surface area (TPSA) is 50.7 Å². The highest BCUT2D eigenvalue weighted by molar-refractivity contribution is 7.13. The lowest BCUT2D eigenvalue weighted by atomic mass is 10.2. The van der Waals surface area contributed by atoms with E-state index in [0.717, 1.165) is 16.3 Å². The molecule has 0 fully saturated rings. The normalized spacial score (nSPS) is 10.4. The molecule has 100 valence electrons. The Bertz CT molecular complexity index is 699. The molecule has 0 amide bonds. The molecule has 0 atom stereocenters. The molecule has 4 nitrogen and oxygen atoms in total. The lowest BCUT2D eigenvalue weighted by Gasteiger charge is -2.02. The fraction of sp³-hybridized carbons (Fsp3) is 0.0714. The van der Waals surface area contributed by atoms with Crippen LogP contribution in [0, 0.1) is 0 Å². The summed E-state index contributed by atoms with van der Waals surface area (Å²) in [5.74, 6) is 0.645. The smallest absolute Gasteiger partial charge is 0.149 e. The van der Waals surface area contributed by atoms with Crippen molar-refractivity contribution in [3.8, 4) is 10.6 Å². The molecule has 20 heavy (non-hydrogen) atoms. The summed E-state index contributed by atoms with van der Waals surface area (Å²) in [5, 5.41) is 6.57. The maximum Gasteiger partial charge on any atom is 0.149 e. The minimum atomic E-state index is 0.373. The van der Waals surface area contributed by atoms with E-state index in [1.54, 1.807) is 17.5 Å². The standard InChI is InChI=1S/C14H11ClN4S/c15-12-7-16-8-13(19-12)17-6-11-9-20-14(18-11)10-4-2-1-3-5-10/h1-5,7-9H,6H2,(H,17,19). The molecule has 0 saturated heterocycles. The van der Waals surface area contributed by atoms with Gasteiger partial charge in [0.2, 0.25) is 0 Å². The van der Waals surface area contributed by atoms with Gasteiger partial charge >= 0.3 is 0 Å². The zero-order chi connectivity index (χ0) is 13.8. The Kier molecular flexibility index (Phi) is 3.90. The Labute approximate surface area is 125 Å². The molecule has 0 aliphatic heterocycles. The molecule has 0 spiro atoms. The van der Waals surface area contributed by atoms with E-state index in [1.165, 1.54) is 6.20 Å². The summed E-state index contributed by atoms with van der Waals surface area (Å²) in [5.41, 5.74) is 2.10. The minimum Gasteiger partial charge on any atom is -0.363 e. The van der Waals surface area contributed by atoms with E-state index in [-0.39, 0.29) is 0 Å². The number of rotatable bonds is 4. The highest BCUT2D eigenvalue weighted by atomic mass is 35.5. The van der Waals surface area contributed by atoms with E-state index >= 15 is 0 Å². The first-order valence-corrected chi connectivity index (χ1v) is 7.28. The van der Waals surface area contributed by atoms with Crippen molar-refractivity contribution in [1.29, 1.82) is 0 Å². The van der Waals surface area contributed by atoms with Crippen molar-refractivity contribution >= 4 is 28.8 Å². The molecule has 1 aromatic carbocycles. The molecule has 3 aromatic rings. The summed E-state index contributed by atoms with van der Waals surface area (Å²) in [6.07, 6.45) is 3.14. The first-order chi connectivity index (χ1) is 9.81. The van der Waals surface area contributed by atoms with Gasteiger partial charge in [-0.05, 0) is 0 Å². The second-order valence-electron chi connectivity index (χ2n) is 4.09. The van der Waals surface area contributed by atoms with Crippen LogP contribution in [0.25, 0.3) is 10.6 Å². The van der Waals surface area contributed by atoms with Gasteiger partial charge in [0.1, 0.15) is 16.0 Å². The van der Waals surface area contributed by atoms with Gasteiger partial charge in [0.15, 0.2) is 0 Å². The van der Waals surface area contributed by atoms with Crippen molar-refractivity contribution in [3.63, 3.8) is 0 Å². The summed E-state index contributed by atoms with van der Waals surface area (Å²) in [6, 6.07) is 10.1. The third kappa shape index (κ3) is 3.12. The van der Waals surface area contributed by atoms with Crippen molar-refractivity contribution in [2.45, 2.75) is 6.54 Å². The number of hydrogen-bond acceptors (Lipinski definition) is 5. The molecule has 2 heterocycles. The Morgan fingerprint density at radius 2 is 1.95 bits per heavy atom. The maximum atomic E-state index is 5.78. The van der Waals surface area contributed by atoms with Crippen LogP contribution in [0.4, 0.5) is 5.82 Å². The van der Waals surface area contributed by atoms with Gasteiger partial charge in [0, 0.05) is 10.9 Å². The summed E-state index contributed by atoms with van der Waals surface area (Å²) in [7, 11) is 0. The van der Waals surface area contributed by atoms with E-state index in [9.17, 15) is 0 Å². The van der Waals surface area contributed by atoms with Crippen LogP contribution >= 0.6 is 22.9 Å². The molecule has 0 radical (unpaired) electrons. The third-order valence-electron chi connectivity index (χ3n) is 2.63. The lowest BCUT2D eigenvalue weighted by Crippen LogP contribution is -2.02. The monoisotopic (exact) mass is 302 g/mol. The first-order valence-electron chi connectivity index (χ1n) is 6.02. The third-order valence-corrected chi connectivity index (χ3v) is 3.75. The maximum absolute atomic E-state index is 5.78. The zero-order valence-electron chi connectivity index (χ0n) is 10.5. The number of aromatic nitrogens is 3. The van der Waals surface area contributed by atoms with Gasteiger partial charge in [-0.15, -0.1) is 11.3 Å². The lowest BCUT2D eigenvalue weighted by molar-refractivity contribution is 1.04. The van der Waals surface area contributed by atoms with Crippen LogP contribution in [-0.2, 0) is 6.54 Å². The van der Waals surface area contributed by atoms with Crippen molar-refractivity contribution in [2.24, 2.45) is 0 Å². The zero-order valence-corrected chi connectivity index (χ0v) is 12.0. The molecule has 0 bridgehead atoms. The number of nitrogens with zero attached hydrogens (tertiary/aromatic N) is 3. The first kappa shape index (κ1) is 13.0. The molecule has 0 unspecified atom stereocenters. The summed E-state index contributed by atoms with van der Waals surface area (Å²) < 4.78 is 0. The predicted molar refractivity (Wildman–Crippen MR) is 81.9 cm³/mol. The van der Waals surface area contributed by atoms with Crippen LogP contribution in [0.3, 0.4) is 0 Å². The molecule has 3 rings (SSSR count). The van der Waals surface area contributed by atoms with Gasteiger partial charge in [0.05, 0.1) is 24.6 Å². The summed E-state index contributed by atoms with van der Waals surface area (Å²) in [6.45, 7) is 0.596. The van der Waals surface area contributed by atoms with Crippen molar-refractivity contribution in [2.75, 3.05) is 5.32 Å². The second-order valence-corrected chi connectivity index (χ2v) is 5.34. The largest absolute Gasteiger partial charge is 0.363 e.